The normalized spacial score (nSPS) is 14.2. The Morgan fingerprint density at radius 2 is 2.14 bits per heavy atom. The predicted molar refractivity (Wildman–Crippen MR) is 111 cm³/mol. The van der Waals surface area contributed by atoms with Crippen LogP contribution in [0.4, 0.5) is 5.82 Å². The number of carbonyl (C=O) groups is 2. The molecule has 29 heavy (non-hydrogen) atoms. The zero-order valence-corrected chi connectivity index (χ0v) is 16.9. The first kappa shape index (κ1) is 19.4. The van der Waals surface area contributed by atoms with Crippen LogP contribution in [0, 0.1) is 0 Å². The zero-order chi connectivity index (χ0) is 20.2. The molecule has 2 amide bonds. The monoisotopic (exact) mass is 414 g/mol. The van der Waals surface area contributed by atoms with Gasteiger partial charge in [-0.3, -0.25) is 9.59 Å². The summed E-state index contributed by atoms with van der Waals surface area (Å²) in [6, 6.07) is 5.49. The van der Waals surface area contributed by atoms with Crippen LogP contribution in [0.25, 0.3) is 6.08 Å². The second-order valence-corrected chi connectivity index (χ2v) is 7.70. The first-order chi connectivity index (χ1) is 14.1. The van der Waals surface area contributed by atoms with E-state index in [0.29, 0.717) is 23.9 Å². The molecule has 2 aliphatic rings. The Morgan fingerprint density at radius 1 is 1.28 bits per heavy atom. The number of carbonyl (C=O) groups excluding carboxylic acids is 2. The molecule has 0 unspecified atom stereocenters. The molecule has 1 aromatic heterocycles. The standard InChI is InChI=1S/C20H22N4O4S/c1-2-7-21-19(26)9-24-20(14-10-29-11-15(14)23-24)22-18(25)6-4-13-3-5-16-17(8-13)28-12-27-16/h3-6,8H,2,7,9-12H2,1H3,(H,21,26)(H,22,25)/b6-4+. The van der Waals surface area contributed by atoms with E-state index in [4.69, 9.17) is 9.47 Å². The molecule has 0 aliphatic carbocycles. The van der Waals surface area contributed by atoms with Crippen molar-refractivity contribution in [1.82, 2.24) is 15.1 Å². The van der Waals surface area contributed by atoms with Crippen molar-refractivity contribution in [3.05, 3.63) is 41.1 Å². The number of aromatic nitrogens is 2. The lowest BCUT2D eigenvalue weighted by Gasteiger charge is -2.10. The van der Waals surface area contributed by atoms with Crippen molar-refractivity contribution >= 4 is 35.5 Å². The third-order valence-corrected chi connectivity index (χ3v) is 5.52. The Balaban J connectivity index is 1.46. The number of hydrogen-bond acceptors (Lipinski definition) is 6. The number of hydrogen-bond donors (Lipinski definition) is 2. The minimum absolute atomic E-state index is 0.0825. The second kappa shape index (κ2) is 8.60. The van der Waals surface area contributed by atoms with Crippen LogP contribution < -0.4 is 20.1 Å². The molecule has 0 spiro atoms. The molecular weight excluding hydrogens is 392 g/mol. The quantitative estimate of drug-likeness (QED) is 0.676. The van der Waals surface area contributed by atoms with E-state index >= 15 is 0 Å². The fourth-order valence-corrected chi connectivity index (χ4v) is 4.16. The van der Waals surface area contributed by atoms with E-state index in [2.05, 4.69) is 15.7 Å². The number of rotatable bonds is 7. The van der Waals surface area contributed by atoms with Crippen molar-refractivity contribution in [1.29, 1.82) is 0 Å². The largest absolute Gasteiger partial charge is 0.454 e. The van der Waals surface area contributed by atoms with Crippen LogP contribution in [-0.2, 0) is 27.6 Å². The fourth-order valence-electron chi connectivity index (χ4n) is 3.12. The van der Waals surface area contributed by atoms with Gasteiger partial charge in [-0.15, -0.1) is 0 Å². The van der Waals surface area contributed by atoms with Crippen LogP contribution in [0.15, 0.2) is 24.3 Å². The first-order valence-electron chi connectivity index (χ1n) is 9.45. The summed E-state index contributed by atoms with van der Waals surface area (Å²) >= 11 is 1.74. The molecule has 1 aromatic carbocycles. The fraction of sp³-hybridized carbons (Fsp3) is 0.350. The Bertz CT molecular complexity index is 970. The summed E-state index contributed by atoms with van der Waals surface area (Å²) in [5.41, 5.74) is 2.74. The highest BCUT2D eigenvalue weighted by atomic mass is 32.2. The van der Waals surface area contributed by atoms with Gasteiger partial charge in [0.25, 0.3) is 0 Å². The van der Waals surface area contributed by atoms with Gasteiger partial charge < -0.3 is 20.1 Å². The minimum Gasteiger partial charge on any atom is -0.454 e. The van der Waals surface area contributed by atoms with Crippen molar-refractivity contribution < 1.29 is 19.1 Å². The second-order valence-electron chi connectivity index (χ2n) is 6.71. The van der Waals surface area contributed by atoms with E-state index in [1.54, 1.807) is 22.5 Å². The number of ether oxygens (including phenoxy) is 2. The van der Waals surface area contributed by atoms with E-state index in [0.717, 1.165) is 34.7 Å². The molecule has 0 fully saturated rings. The number of fused-ring (bicyclic) bond motifs is 2. The number of nitrogens with one attached hydrogen (secondary N) is 2. The van der Waals surface area contributed by atoms with Crippen molar-refractivity contribution in [3.8, 4) is 11.5 Å². The van der Waals surface area contributed by atoms with Crippen LogP contribution >= 0.6 is 11.8 Å². The van der Waals surface area contributed by atoms with E-state index in [9.17, 15) is 9.59 Å². The minimum atomic E-state index is -0.280. The van der Waals surface area contributed by atoms with Gasteiger partial charge in [0.05, 0.1) is 5.69 Å². The van der Waals surface area contributed by atoms with Crippen LogP contribution in [0.2, 0.25) is 0 Å². The van der Waals surface area contributed by atoms with Crippen molar-refractivity contribution in [2.45, 2.75) is 31.4 Å². The molecule has 2 aromatic rings. The van der Waals surface area contributed by atoms with Crippen molar-refractivity contribution in [3.63, 3.8) is 0 Å². The van der Waals surface area contributed by atoms with Crippen LogP contribution in [0.3, 0.4) is 0 Å². The predicted octanol–water partition coefficient (Wildman–Crippen LogP) is 2.54. The summed E-state index contributed by atoms with van der Waals surface area (Å²) in [6.45, 7) is 2.91. The summed E-state index contributed by atoms with van der Waals surface area (Å²) in [6.07, 6.45) is 4.04. The van der Waals surface area contributed by atoms with Gasteiger partial charge in [-0.25, -0.2) is 4.68 Å². The molecule has 8 nitrogen and oxygen atoms in total. The van der Waals surface area contributed by atoms with Gasteiger partial charge in [-0.05, 0) is 30.2 Å². The lowest BCUT2D eigenvalue weighted by molar-refractivity contribution is -0.121. The highest BCUT2D eigenvalue weighted by Gasteiger charge is 2.24. The molecule has 2 N–H and O–H groups in total. The average Bonchev–Trinajstić information content (AvgIpc) is 3.42. The number of benzene rings is 1. The number of thioether (sulfide) groups is 1. The summed E-state index contributed by atoms with van der Waals surface area (Å²) in [5, 5.41) is 10.3. The maximum atomic E-state index is 12.5. The highest BCUT2D eigenvalue weighted by Crippen LogP contribution is 2.35. The van der Waals surface area contributed by atoms with E-state index in [-0.39, 0.29) is 25.2 Å². The number of nitrogens with zero attached hydrogens (tertiary/aromatic N) is 2. The third kappa shape index (κ3) is 4.40. The number of anilines is 1. The third-order valence-electron chi connectivity index (χ3n) is 4.55. The van der Waals surface area contributed by atoms with E-state index < -0.39 is 0 Å². The van der Waals surface area contributed by atoms with Gasteiger partial charge in [-0.2, -0.15) is 16.9 Å². The molecule has 0 bridgehead atoms. The molecule has 0 saturated heterocycles. The van der Waals surface area contributed by atoms with Crippen LogP contribution in [-0.4, -0.2) is 34.9 Å². The SMILES string of the molecule is CCCNC(=O)Cn1nc2c(c1NC(=O)/C=C/c1ccc3c(c1)OCO3)CSC2. The molecule has 9 heteroatoms. The number of amides is 2. The molecule has 0 atom stereocenters. The highest BCUT2D eigenvalue weighted by molar-refractivity contribution is 7.98. The molecule has 4 rings (SSSR count). The maximum absolute atomic E-state index is 12.5. The average molecular weight is 414 g/mol. The van der Waals surface area contributed by atoms with Crippen LogP contribution in [0.5, 0.6) is 11.5 Å². The molecule has 3 heterocycles. The van der Waals surface area contributed by atoms with Gasteiger partial charge in [0.1, 0.15) is 12.4 Å². The smallest absolute Gasteiger partial charge is 0.249 e. The maximum Gasteiger partial charge on any atom is 0.249 e. The first-order valence-corrected chi connectivity index (χ1v) is 10.6. The zero-order valence-electron chi connectivity index (χ0n) is 16.1. The lowest BCUT2D eigenvalue weighted by Crippen LogP contribution is -2.29. The summed E-state index contributed by atoms with van der Waals surface area (Å²) in [4.78, 5) is 24.6. The Hall–Kier alpha value is -2.94. The van der Waals surface area contributed by atoms with Gasteiger partial charge in [-0.1, -0.05) is 13.0 Å². The Morgan fingerprint density at radius 3 is 3.00 bits per heavy atom. The van der Waals surface area contributed by atoms with Crippen molar-refractivity contribution in [2.24, 2.45) is 0 Å². The van der Waals surface area contributed by atoms with Crippen LogP contribution in [0.1, 0.15) is 30.2 Å². The van der Waals surface area contributed by atoms with Gasteiger partial charge in [0, 0.05) is 29.7 Å². The Labute approximate surface area is 172 Å². The summed E-state index contributed by atoms with van der Waals surface area (Å²) in [7, 11) is 0. The molecule has 0 saturated carbocycles. The lowest BCUT2D eigenvalue weighted by atomic mass is 10.2. The van der Waals surface area contributed by atoms with Gasteiger partial charge in [0.2, 0.25) is 18.6 Å². The molecular formula is C20H22N4O4S. The molecule has 0 radical (unpaired) electrons. The summed E-state index contributed by atoms with van der Waals surface area (Å²) in [5.74, 6) is 3.12. The van der Waals surface area contributed by atoms with E-state index in [1.165, 1.54) is 6.08 Å². The van der Waals surface area contributed by atoms with Crippen molar-refractivity contribution in [2.75, 3.05) is 18.7 Å². The summed E-state index contributed by atoms with van der Waals surface area (Å²) < 4.78 is 12.2. The Kier molecular flexibility index (Phi) is 5.75. The van der Waals surface area contributed by atoms with Gasteiger partial charge in [0.15, 0.2) is 11.5 Å². The van der Waals surface area contributed by atoms with Gasteiger partial charge >= 0.3 is 0 Å². The van der Waals surface area contributed by atoms with E-state index in [1.807, 2.05) is 25.1 Å². The molecule has 2 aliphatic heterocycles. The molecule has 152 valence electrons. The topological polar surface area (TPSA) is 94.5 Å².